The number of hydrogen-bond donors (Lipinski definition) is 1. The molecule has 6 nitrogen and oxygen atoms in total. The van der Waals surface area contributed by atoms with Gasteiger partial charge in [-0.15, -0.1) is 12.4 Å². The van der Waals surface area contributed by atoms with Crippen LogP contribution >= 0.6 is 12.4 Å². The first kappa shape index (κ1) is 17.3. The van der Waals surface area contributed by atoms with Crippen molar-refractivity contribution in [3.05, 3.63) is 39.2 Å². The third-order valence-corrected chi connectivity index (χ3v) is 3.58. The minimum absolute atomic E-state index is 0. The molecule has 0 aromatic heterocycles. The van der Waals surface area contributed by atoms with Crippen LogP contribution in [0.15, 0.2) is 12.1 Å². The molecule has 1 saturated heterocycles. The van der Waals surface area contributed by atoms with Gasteiger partial charge in [-0.3, -0.25) is 14.9 Å². The second-order valence-corrected chi connectivity index (χ2v) is 5.02. The second-order valence-electron chi connectivity index (χ2n) is 5.02. The number of nitrogens with zero attached hydrogens (tertiary/aromatic N) is 2. The summed E-state index contributed by atoms with van der Waals surface area (Å²) in [6, 6.07) is 1.99. The number of benzene rings is 1. The Bertz CT molecular complexity index is 568. The van der Waals surface area contributed by atoms with Crippen molar-refractivity contribution in [1.82, 2.24) is 4.90 Å². The predicted molar refractivity (Wildman–Crippen MR) is 78.1 cm³/mol. The molecule has 1 heterocycles. The van der Waals surface area contributed by atoms with Gasteiger partial charge in [0.25, 0.3) is 11.6 Å². The smallest absolute Gasteiger partial charge is 0.285 e. The van der Waals surface area contributed by atoms with Crippen molar-refractivity contribution >= 4 is 24.0 Å². The highest BCUT2D eigenvalue weighted by molar-refractivity contribution is 5.98. The lowest BCUT2D eigenvalue weighted by atomic mass is 10.1. The largest absolute Gasteiger partial charge is 0.338 e. The van der Waals surface area contributed by atoms with Crippen LogP contribution in [0.4, 0.5) is 10.1 Å². The molecule has 2 N–H and O–H groups in total. The number of hydrogen-bond acceptors (Lipinski definition) is 4. The first-order valence-corrected chi connectivity index (χ1v) is 6.38. The molecule has 1 aromatic carbocycles. The Hall–Kier alpha value is -1.73. The normalized spacial score (nSPS) is 17.5. The fraction of sp³-hybridized carbons (Fsp3) is 0.462. The van der Waals surface area contributed by atoms with E-state index in [0.717, 1.165) is 18.6 Å². The SMILES string of the molecule is Cc1cc(F)cc(C(=O)N2CCC(CN)C2)c1[N+](=O)[O-].Cl. The van der Waals surface area contributed by atoms with Crippen LogP contribution in [0.25, 0.3) is 0 Å². The maximum absolute atomic E-state index is 13.4. The highest BCUT2D eigenvalue weighted by Gasteiger charge is 2.31. The van der Waals surface area contributed by atoms with Crippen molar-refractivity contribution in [2.75, 3.05) is 19.6 Å². The zero-order valence-electron chi connectivity index (χ0n) is 11.5. The quantitative estimate of drug-likeness (QED) is 0.681. The van der Waals surface area contributed by atoms with Gasteiger partial charge in [0.2, 0.25) is 0 Å². The van der Waals surface area contributed by atoms with Crippen molar-refractivity contribution in [3.8, 4) is 0 Å². The molecule has 0 aliphatic carbocycles. The molecular formula is C13H17ClFN3O3. The van der Waals surface area contributed by atoms with Gasteiger partial charge >= 0.3 is 0 Å². The summed E-state index contributed by atoms with van der Waals surface area (Å²) in [7, 11) is 0. The van der Waals surface area contributed by atoms with Gasteiger partial charge in [-0.2, -0.15) is 0 Å². The number of carbonyl (C=O) groups is 1. The molecule has 1 unspecified atom stereocenters. The molecule has 8 heteroatoms. The fourth-order valence-corrected chi connectivity index (χ4v) is 2.52. The summed E-state index contributed by atoms with van der Waals surface area (Å²) in [5.74, 6) is -0.950. The average molecular weight is 318 g/mol. The van der Waals surface area contributed by atoms with E-state index in [9.17, 15) is 19.3 Å². The molecule has 1 atom stereocenters. The van der Waals surface area contributed by atoms with Crippen molar-refractivity contribution < 1.29 is 14.1 Å². The van der Waals surface area contributed by atoms with E-state index in [1.54, 1.807) is 0 Å². The lowest BCUT2D eigenvalue weighted by Gasteiger charge is -2.16. The number of rotatable bonds is 3. The molecule has 21 heavy (non-hydrogen) atoms. The predicted octanol–water partition coefficient (Wildman–Crippen LogP) is 1.88. The topological polar surface area (TPSA) is 89.5 Å². The number of carbonyl (C=O) groups excluding carboxylic acids is 1. The average Bonchev–Trinajstić information content (AvgIpc) is 2.84. The van der Waals surface area contributed by atoms with E-state index < -0.39 is 16.6 Å². The van der Waals surface area contributed by atoms with Gasteiger partial charge in [0, 0.05) is 18.7 Å². The highest BCUT2D eigenvalue weighted by Crippen LogP contribution is 2.27. The van der Waals surface area contributed by atoms with Crippen LogP contribution in [0.3, 0.4) is 0 Å². The monoisotopic (exact) mass is 317 g/mol. The van der Waals surface area contributed by atoms with Crippen LogP contribution in [0.2, 0.25) is 0 Å². The number of likely N-dealkylation sites (tertiary alicyclic amines) is 1. The molecule has 0 saturated carbocycles. The summed E-state index contributed by atoms with van der Waals surface area (Å²) in [6.07, 6.45) is 0.768. The molecule has 2 rings (SSSR count). The first-order valence-electron chi connectivity index (χ1n) is 6.38. The lowest BCUT2D eigenvalue weighted by molar-refractivity contribution is -0.385. The number of amides is 1. The molecule has 1 fully saturated rings. The first-order chi connectivity index (χ1) is 9.43. The van der Waals surface area contributed by atoms with E-state index in [0.29, 0.717) is 19.6 Å². The summed E-state index contributed by atoms with van der Waals surface area (Å²) in [5.41, 5.74) is 5.19. The van der Waals surface area contributed by atoms with Gasteiger partial charge in [0.1, 0.15) is 11.4 Å². The van der Waals surface area contributed by atoms with Crippen molar-refractivity contribution in [1.29, 1.82) is 0 Å². The summed E-state index contributed by atoms with van der Waals surface area (Å²) in [6.45, 7) is 2.84. The Morgan fingerprint density at radius 1 is 1.57 bits per heavy atom. The van der Waals surface area contributed by atoms with Crippen LogP contribution in [0.5, 0.6) is 0 Å². The zero-order valence-corrected chi connectivity index (χ0v) is 12.4. The molecule has 1 aliphatic rings. The molecule has 1 aromatic rings. The van der Waals surface area contributed by atoms with Crippen LogP contribution in [0, 0.1) is 28.8 Å². The maximum atomic E-state index is 13.4. The molecule has 116 valence electrons. The number of nitrogens with two attached hydrogens (primary N) is 1. The Labute approximate surface area is 127 Å². The molecule has 0 bridgehead atoms. The molecule has 0 radical (unpaired) electrons. The minimum atomic E-state index is -0.647. The summed E-state index contributed by atoms with van der Waals surface area (Å²) in [5, 5.41) is 11.1. The van der Waals surface area contributed by atoms with Crippen LogP contribution < -0.4 is 5.73 Å². The minimum Gasteiger partial charge on any atom is -0.338 e. The van der Waals surface area contributed by atoms with Gasteiger partial charge in [0.05, 0.1) is 4.92 Å². The Morgan fingerprint density at radius 2 is 2.24 bits per heavy atom. The Kier molecular flexibility index (Phi) is 5.62. The summed E-state index contributed by atoms with van der Waals surface area (Å²) < 4.78 is 13.4. The van der Waals surface area contributed by atoms with E-state index in [-0.39, 0.29) is 35.1 Å². The van der Waals surface area contributed by atoms with Gasteiger partial charge in [-0.05, 0) is 37.9 Å². The summed E-state index contributed by atoms with van der Waals surface area (Å²) >= 11 is 0. The van der Waals surface area contributed by atoms with Crippen LogP contribution in [-0.4, -0.2) is 35.4 Å². The third kappa shape index (κ3) is 3.48. The van der Waals surface area contributed by atoms with Gasteiger partial charge in [-0.25, -0.2) is 4.39 Å². The molecular weight excluding hydrogens is 301 g/mol. The standard InChI is InChI=1S/C13H16FN3O3.ClH/c1-8-4-10(14)5-11(12(8)17(19)20)13(18)16-3-2-9(6-15)7-16;/h4-5,9H,2-3,6-7,15H2,1H3;1H. The van der Waals surface area contributed by atoms with Crippen LogP contribution in [0.1, 0.15) is 22.3 Å². The molecule has 1 aliphatic heterocycles. The maximum Gasteiger partial charge on any atom is 0.285 e. The van der Waals surface area contributed by atoms with E-state index in [4.69, 9.17) is 5.73 Å². The van der Waals surface area contributed by atoms with Gasteiger partial charge < -0.3 is 10.6 Å². The van der Waals surface area contributed by atoms with E-state index in [2.05, 4.69) is 0 Å². The number of aryl methyl sites for hydroxylation is 1. The lowest BCUT2D eigenvalue weighted by Crippen LogP contribution is -2.30. The van der Waals surface area contributed by atoms with Crippen molar-refractivity contribution in [2.45, 2.75) is 13.3 Å². The molecule has 1 amide bonds. The second kappa shape index (κ2) is 6.82. The fourth-order valence-electron chi connectivity index (χ4n) is 2.52. The Morgan fingerprint density at radius 3 is 2.76 bits per heavy atom. The van der Waals surface area contributed by atoms with E-state index in [1.807, 2.05) is 0 Å². The number of halogens is 2. The summed E-state index contributed by atoms with van der Waals surface area (Å²) in [4.78, 5) is 24.3. The van der Waals surface area contributed by atoms with Crippen molar-refractivity contribution in [2.24, 2.45) is 11.7 Å². The zero-order chi connectivity index (χ0) is 14.9. The Balaban J connectivity index is 0.00000220. The van der Waals surface area contributed by atoms with E-state index >= 15 is 0 Å². The van der Waals surface area contributed by atoms with E-state index in [1.165, 1.54) is 11.8 Å². The van der Waals surface area contributed by atoms with Gasteiger partial charge in [0.15, 0.2) is 0 Å². The number of nitro groups is 1. The molecule has 0 spiro atoms. The van der Waals surface area contributed by atoms with Crippen LogP contribution in [-0.2, 0) is 0 Å². The number of nitro benzene ring substituents is 1. The third-order valence-electron chi connectivity index (χ3n) is 3.58. The van der Waals surface area contributed by atoms with Crippen molar-refractivity contribution in [3.63, 3.8) is 0 Å². The highest BCUT2D eigenvalue weighted by atomic mass is 35.5. The van der Waals surface area contributed by atoms with Gasteiger partial charge in [-0.1, -0.05) is 0 Å².